The van der Waals surface area contributed by atoms with Gasteiger partial charge >= 0.3 is 12.4 Å². The maximum Gasteiger partial charge on any atom is 0.426 e. The zero-order chi connectivity index (χ0) is 14.1. The van der Waals surface area contributed by atoms with Crippen molar-refractivity contribution in [2.45, 2.75) is 51.6 Å². The normalized spacial score (nSPS) is 16.4. The first-order chi connectivity index (χ1) is 7.37. The second-order valence-electron chi connectivity index (χ2n) is 4.47. The van der Waals surface area contributed by atoms with Crippen LogP contribution in [0.2, 0.25) is 0 Å². The summed E-state index contributed by atoms with van der Waals surface area (Å²) in [5, 5.41) is 8.98. The lowest BCUT2D eigenvalue weighted by Gasteiger charge is -2.36. The van der Waals surface area contributed by atoms with Gasteiger partial charge in [-0.05, 0) is 18.3 Å². The van der Waals surface area contributed by atoms with E-state index in [0.29, 0.717) is 0 Å². The Morgan fingerprint density at radius 3 is 1.47 bits per heavy atom. The Hall–Kier alpha value is -0.460. The lowest BCUT2D eigenvalue weighted by Crippen LogP contribution is -2.58. The van der Waals surface area contributed by atoms with Gasteiger partial charge in [-0.15, -0.1) is 0 Å². The molecular weight excluding hydrogens is 250 g/mol. The molecule has 1 unspecified atom stereocenters. The van der Waals surface area contributed by atoms with Gasteiger partial charge in [0, 0.05) is 0 Å². The van der Waals surface area contributed by atoms with E-state index in [1.54, 1.807) is 0 Å². The van der Waals surface area contributed by atoms with Gasteiger partial charge in [0.1, 0.15) is 0 Å². The Balaban J connectivity index is 5.24. The van der Waals surface area contributed by atoms with Crippen LogP contribution in [-0.2, 0) is 0 Å². The average molecular weight is 266 g/mol. The van der Waals surface area contributed by atoms with E-state index in [9.17, 15) is 26.3 Å². The van der Waals surface area contributed by atoms with Crippen LogP contribution >= 0.6 is 0 Å². The molecular formula is C10H16F6O. The molecule has 0 aromatic heterocycles. The molecule has 1 N–H and O–H groups in total. The average Bonchev–Trinajstić information content (AvgIpc) is 2.09. The summed E-state index contributed by atoms with van der Waals surface area (Å²) in [6.45, 7) is 4.56. The van der Waals surface area contributed by atoms with Crippen LogP contribution in [0.15, 0.2) is 0 Å². The highest BCUT2D eigenvalue weighted by Crippen LogP contribution is 2.47. The van der Waals surface area contributed by atoms with Crippen LogP contribution in [0.5, 0.6) is 0 Å². The number of rotatable bonds is 4. The minimum Gasteiger partial charge on any atom is -0.374 e. The van der Waals surface area contributed by atoms with Crippen LogP contribution in [0.4, 0.5) is 26.3 Å². The number of hydrogen-bond donors (Lipinski definition) is 1. The predicted octanol–water partition coefficient (Wildman–Crippen LogP) is 3.91. The second kappa shape index (κ2) is 5.04. The van der Waals surface area contributed by atoms with E-state index in [1.807, 2.05) is 0 Å². The molecule has 0 fully saturated rings. The predicted molar refractivity (Wildman–Crippen MR) is 50.3 cm³/mol. The monoisotopic (exact) mass is 266 g/mol. The number of hydrogen-bond acceptors (Lipinski definition) is 1. The first-order valence-corrected chi connectivity index (χ1v) is 5.22. The zero-order valence-corrected chi connectivity index (χ0v) is 9.78. The van der Waals surface area contributed by atoms with Gasteiger partial charge < -0.3 is 5.11 Å². The van der Waals surface area contributed by atoms with E-state index in [4.69, 9.17) is 5.11 Å². The summed E-state index contributed by atoms with van der Waals surface area (Å²) in [6.07, 6.45) is -12.6. The number of halogens is 6. The maximum atomic E-state index is 12.4. The molecule has 7 heteroatoms. The van der Waals surface area contributed by atoms with Gasteiger partial charge in [-0.2, -0.15) is 26.3 Å². The van der Waals surface area contributed by atoms with E-state index < -0.39 is 30.3 Å². The Labute approximate surface area is 95.8 Å². The molecule has 0 spiro atoms. The van der Waals surface area contributed by atoms with Crippen LogP contribution in [0, 0.1) is 11.8 Å². The van der Waals surface area contributed by atoms with Crippen LogP contribution in [-0.4, -0.2) is 23.1 Å². The third-order valence-corrected chi connectivity index (χ3v) is 2.96. The minimum absolute atomic E-state index is 0.145. The maximum absolute atomic E-state index is 12.4. The molecule has 0 saturated heterocycles. The van der Waals surface area contributed by atoms with Crippen molar-refractivity contribution in [3.63, 3.8) is 0 Å². The van der Waals surface area contributed by atoms with Crippen LogP contribution in [0.1, 0.15) is 33.6 Å². The van der Waals surface area contributed by atoms with Gasteiger partial charge in [0.05, 0.1) is 0 Å². The highest BCUT2D eigenvalue weighted by molar-refractivity contribution is 4.95. The van der Waals surface area contributed by atoms with Gasteiger partial charge in [-0.3, -0.25) is 0 Å². The summed E-state index contributed by atoms with van der Waals surface area (Å²) in [4.78, 5) is 0. The molecule has 104 valence electrons. The molecule has 0 aliphatic heterocycles. The summed E-state index contributed by atoms with van der Waals surface area (Å²) >= 11 is 0. The molecule has 0 aromatic carbocycles. The van der Waals surface area contributed by atoms with Crippen molar-refractivity contribution in [3.05, 3.63) is 0 Å². The van der Waals surface area contributed by atoms with Crippen molar-refractivity contribution >= 4 is 0 Å². The topological polar surface area (TPSA) is 20.2 Å². The lowest BCUT2D eigenvalue weighted by atomic mass is 9.81. The van der Waals surface area contributed by atoms with Gasteiger partial charge in [0.2, 0.25) is 0 Å². The quantitative estimate of drug-likeness (QED) is 0.765. The molecule has 0 aromatic rings. The van der Waals surface area contributed by atoms with Crippen molar-refractivity contribution in [1.82, 2.24) is 0 Å². The molecule has 0 saturated carbocycles. The Kier molecular flexibility index (Phi) is 4.90. The van der Waals surface area contributed by atoms with Gasteiger partial charge in [0.15, 0.2) is 0 Å². The first kappa shape index (κ1) is 16.5. The lowest BCUT2D eigenvalue weighted by molar-refractivity contribution is -0.373. The van der Waals surface area contributed by atoms with Gasteiger partial charge in [-0.1, -0.05) is 27.2 Å². The Morgan fingerprint density at radius 1 is 0.941 bits per heavy atom. The van der Waals surface area contributed by atoms with Crippen LogP contribution < -0.4 is 0 Å². The Bertz CT molecular complexity index is 228. The van der Waals surface area contributed by atoms with E-state index >= 15 is 0 Å². The van der Waals surface area contributed by atoms with Crippen LogP contribution in [0.3, 0.4) is 0 Å². The standard InChI is InChI=1S/C10H16F6O/c1-4-7(6(2)3)5-8(17,9(11,12)13)10(14,15)16/h6-7,17H,4-5H2,1-3H3. The molecule has 0 radical (unpaired) electrons. The largest absolute Gasteiger partial charge is 0.426 e. The summed E-state index contributed by atoms with van der Waals surface area (Å²) in [6, 6.07) is 0. The number of alkyl halides is 6. The molecule has 17 heavy (non-hydrogen) atoms. The fourth-order valence-electron chi connectivity index (χ4n) is 1.62. The smallest absolute Gasteiger partial charge is 0.374 e. The van der Waals surface area contributed by atoms with Gasteiger partial charge in [-0.25, -0.2) is 0 Å². The first-order valence-electron chi connectivity index (χ1n) is 5.22. The Morgan fingerprint density at radius 2 is 1.29 bits per heavy atom. The zero-order valence-electron chi connectivity index (χ0n) is 9.78. The highest BCUT2D eigenvalue weighted by atomic mass is 19.4. The van der Waals surface area contributed by atoms with Crippen molar-refractivity contribution in [2.75, 3.05) is 0 Å². The third-order valence-electron chi connectivity index (χ3n) is 2.96. The molecule has 0 amide bonds. The van der Waals surface area contributed by atoms with Gasteiger partial charge in [0.25, 0.3) is 5.60 Å². The summed E-state index contributed by atoms with van der Waals surface area (Å²) < 4.78 is 74.3. The van der Waals surface area contributed by atoms with Crippen molar-refractivity contribution in [2.24, 2.45) is 11.8 Å². The highest BCUT2D eigenvalue weighted by Gasteiger charge is 2.70. The van der Waals surface area contributed by atoms with E-state index in [2.05, 4.69) is 0 Å². The van der Waals surface area contributed by atoms with Crippen molar-refractivity contribution < 1.29 is 31.4 Å². The van der Waals surface area contributed by atoms with Crippen molar-refractivity contribution in [3.8, 4) is 0 Å². The summed E-state index contributed by atoms with van der Waals surface area (Å²) in [5.74, 6) is -1.21. The molecule has 1 nitrogen and oxygen atoms in total. The van der Waals surface area contributed by atoms with E-state index in [1.165, 1.54) is 20.8 Å². The van der Waals surface area contributed by atoms with E-state index in [-0.39, 0.29) is 12.3 Å². The fraction of sp³-hybridized carbons (Fsp3) is 1.00. The SMILES string of the molecule is CCC(CC(O)(C(F)(F)F)C(F)(F)F)C(C)C. The molecule has 1 atom stereocenters. The number of aliphatic hydroxyl groups is 1. The second-order valence-corrected chi connectivity index (χ2v) is 4.47. The van der Waals surface area contributed by atoms with Crippen molar-refractivity contribution in [1.29, 1.82) is 0 Å². The molecule has 0 rings (SSSR count). The minimum atomic E-state index is -5.71. The fourth-order valence-corrected chi connectivity index (χ4v) is 1.62. The molecule has 0 bridgehead atoms. The van der Waals surface area contributed by atoms with Crippen LogP contribution in [0.25, 0.3) is 0 Å². The summed E-state index contributed by atoms with van der Waals surface area (Å²) in [7, 11) is 0. The summed E-state index contributed by atoms with van der Waals surface area (Å²) in [5.41, 5.74) is -4.62. The molecule has 0 aliphatic carbocycles. The molecule has 0 heterocycles. The molecule has 0 aliphatic rings. The third kappa shape index (κ3) is 3.50. The van der Waals surface area contributed by atoms with E-state index in [0.717, 1.165) is 0 Å².